The number of carbonyl (C=O) groups excluding carboxylic acids is 1. The summed E-state index contributed by atoms with van der Waals surface area (Å²) in [7, 11) is 0. The van der Waals surface area contributed by atoms with Crippen LogP contribution >= 0.6 is 23.4 Å². The van der Waals surface area contributed by atoms with Crippen LogP contribution in [0.15, 0.2) is 47.6 Å². The third kappa shape index (κ3) is 2.15. The molecule has 16 heavy (non-hydrogen) atoms. The van der Waals surface area contributed by atoms with Gasteiger partial charge in [0.2, 0.25) is 0 Å². The van der Waals surface area contributed by atoms with Gasteiger partial charge in [-0.15, -0.1) is 11.8 Å². The number of nitrogens with zero attached hydrogens (tertiary/aromatic N) is 1. The van der Waals surface area contributed by atoms with Gasteiger partial charge in [0.15, 0.2) is 0 Å². The number of hydrogen-bond acceptors (Lipinski definition) is 2. The van der Waals surface area contributed by atoms with Crippen LogP contribution in [0.2, 0.25) is 5.02 Å². The summed E-state index contributed by atoms with van der Waals surface area (Å²) < 4.78 is 1.52. The highest BCUT2D eigenvalue weighted by Crippen LogP contribution is 2.23. The smallest absolute Gasteiger partial charge is 0.263 e. The van der Waals surface area contributed by atoms with Gasteiger partial charge in [0.1, 0.15) is 0 Å². The molecule has 82 valence electrons. The van der Waals surface area contributed by atoms with Gasteiger partial charge in [-0.05, 0) is 36.6 Å². The molecule has 0 atom stereocenters. The Bertz CT molecular complexity index is 508. The van der Waals surface area contributed by atoms with E-state index in [0.717, 1.165) is 4.90 Å². The predicted octanol–water partition coefficient (Wildman–Crippen LogP) is 3.55. The van der Waals surface area contributed by atoms with Crippen molar-refractivity contribution in [3.8, 4) is 0 Å². The van der Waals surface area contributed by atoms with E-state index in [-0.39, 0.29) is 5.91 Å². The average Bonchev–Trinajstić information content (AvgIpc) is 2.82. The molecule has 0 fully saturated rings. The molecule has 0 radical (unpaired) electrons. The van der Waals surface area contributed by atoms with Crippen molar-refractivity contribution in [2.75, 3.05) is 6.26 Å². The number of carbonyl (C=O) groups is 1. The summed E-state index contributed by atoms with van der Waals surface area (Å²) in [6.07, 6.45) is 5.39. The molecule has 0 amide bonds. The highest BCUT2D eigenvalue weighted by atomic mass is 35.5. The standard InChI is InChI=1S/C12H10ClNOS/c1-16-9-4-5-11(13)10(8-9)12(15)14-6-2-3-7-14/h2-8H,1H3. The minimum absolute atomic E-state index is 0.106. The minimum atomic E-state index is -0.106. The Morgan fingerprint density at radius 2 is 2.00 bits per heavy atom. The molecular weight excluding hydrogens is 242 g/mol. The summed E-state index contributed by atoms with van der Waals surface area (Å²) in [4.78, 5) is 13.1. The van der Waals surface area contributed by atoms with Crippen molar-refractivity contribution in [1.29, 1.82) is 0 Å². The molecule has 1 aromatic heterocycles. The molecule has 0 spiro atoms. The number of rotatable bonds is 2. The van der Waals surface area contributed by atoms with E-state index in [2.05, 4.69) is 0 Å². The van der Waals surface area contributed by atoms with Gasteiger partial charge in [0, 0.05) is 17.3 Å². The Morgan fingerprint density at radius 3 is 2.62 bits per heavy atom. The lowest BCUT2D eigenvalue weighted by molar-refractivity contribution is 0.0960. The molecule has 2 aromatic rings. The van der Waals surface area contributed by atoms with Crippen LogP contribution in [0.5, 0.6) is 0 Å². The van der Waals surface area contributed by atoms with Crippen molar-refractivity contribution in [3.63, 3.8) is 0 Å². The lowest BCUT2D eigenvalue weighted by atomic mass is 10.2. The first-order valence-electron chi connectivity index (χ1n) is 4.73. The highest BCUT2D eigenvalue weighted by Gasteiger charge is 2.12. The first-order valence-corrected chi connectivity index (χ1v) is 6.34. The molecule has 0 aliphatic carbocycles. The monoisotopic (exact) mass is 251 g/mol. The van der Waals surface area contributed by atoms with Gasteiger partial charge in [-0.1, -0.05) is 11.6 Å². The van der Waals surface area contributed by atoms with Crippen molar-refractivity contribution >= 4 is 29.3 Å². The largest absolute Gasteiger partial charge is 0.291 e. The number of aromatic nitrogens is 1. The molecule has 0 unspecified atom stereocenters. The fourth-order valence-electron chi connectivity index (χ4n) is 1.40. The average molecular weight is 252 g/mol. The molecule has 0 bridgehead atoms. The quantitative estimate of drug-likeness (QED) is 0.762. The molecule has 2 rings (SSSR count). The summed E-state index contributed by atoms with van der Waals surface area (Å²) >= 11 is 7.61. The van der Waals surface area contributed by atoms with Crippen LogP contribution in [-0.4, -0.2) is 16.7 Å². The Kier molecular flexibility index (Phi) is 3.36. The van der Waals surface area contributed by atoms with Crippen LogP contribution in [0.3, 0.4) is 0 Å². The van der Waals surface area contributed by atoms with Crippen molar-refractivity contribution < 1.29 is 4.79 Å². The number of halogens is 1. The van der Waals surface area contributed by atoms with Crippen LogP contribution in [0.1, 0.15) is 10.4 Å². The van der Waals surface area contributed by atoms with Crippen LogP contribution in [0.25, 0.3) is 0 Å². The van der Waals surface area contributed by atoms with Gasteiger partial charge in [-0.2, -0.15) is 0 Å². The van der Waals surface area contributed by atoms with Gasteiger partial charge in [0.25, 0.3) is 5.91 Å². The Balaban J connectivity index is 2.43. The zero-order valence-electron chi connectivity index (χ0n) is 8.68. The van der Waals surface area contributed by atoms with Gasteiger partial charge in [0.05, 0.1) is 10.6 Å². The van der Waals surface area contributed by atoms with Crippen LogP contribution < -0.4 is 0 Å². The maximum atomic E-state index is 12.1. The third-order valence-corrected chi connectivity index (χ3v) is 3.30. The summed E-state index contributed by atoms with van der Waals surface area (Å²) in [5.41, 5.74) is 0.532. The molecule has 1 aromatic carbocycles. The van der Waals surface area contributed by atoms with Gasteiger partial charge in [-0.25, -0.2) is 0 Å². The molecule has 0 N–H and O–H groups in total. The second-order valence-corrected chi connectivity index (χ2v) is 4.53. The maximum absolute atomic E-state index is 12.1. The first kappa shape index (κ1) is 11.3. The predicted molar refractivity (Wildman–Crippen MR) is 67.4 cm³/mol. The Hall–Kier alpha value is -1.19. The number of hydrogen-bond donors (Lipinski definition) is 0. The molecule has 4 heteroatoms. The summed E-state index contributed by atoms with van der Waals surface area (Å²) in [6, 6.07) is 9.09. The van der Waals surface area contributed by atoms with Crippen molar-refractivity contribution in [3.05, 3.63) is 53.3 Å². The topological polar surface area (TPSA) is 22.0 Å². The van der Waals surface area contributed by atoms with Crippen LogP contribution in [0, 0.1) is 0 Å². The van der Waals surface area contributed by atoms with E-state index in [1.165, 1.54) is 4.57 Å². The SMILES string of the molecule is CSc1ccc(Cl)c(C(=O)n2cccc2)c1. The summed E-state index contributed by atoms with van der Waals surface area (Å²) in [6.45, 7) is 0. The van der Waals surface area contributed by atoms with E-state index in [1.54, 1.807) is 30.2 Å². The zero-order chi connectivity index (χ0) is 11.5. The lowest BCUT2D eigenvalue weighted by Crippen LogP contribution is -2.10. The number of thioether (sulfide) groups is 1. The summed E-state index contributed by atoms with van der Waals surface area (Å²) in [5.74, 6) is -0.106. The second kappa shape index (κ2) is 4.76. The number of benzene rings is 1. The van der Waals surface area contributed by atoms with E-state index in [4.69, 9.17) is 11.6 Å². The normalized spacial score (nSPS) is 10.4. The Morgan fingerprint density at radius 1 is 1.31 bits per heavy atom. The Labute approximate surface area is 103 Å². The van der Waals surface area contributed by atoms with E-state index in [0.29, 0.717) is 10.6 Å². The van der Waals surface area contributed by atoms with E-state index < -0.39 is 0 Å². The van der Waals surface area contributed by atoms with Crippen LogP contribution in [0.4, 0.5) is 0 Å². The van der Waals surface area contributed by atoms with Gasteiger partial charge in [-0.3, -0.25) is 9.36 Å². The molecule has 0 aliphatic heterocycles. The lowest BCUT2D eigenvalue weighted by Gasteiger charge is -2.06. The molecule has 0 aliphatic rings. The van der Waals surface area contributed by atoms with Gasteiger partial charge < -0.3 is 0 Å². The van der Waals surface area contributed by atoms with Crippen molar-refractivity contribution in [1.82, 2.24) is 4.57 Å². The minimum Gasteiger partial charge on any atom is -0.291 e. The second-order valence-electron chi connectivity index (χ2n) is 3.24. The summed E-state index contributed by atoms with van der Waals surface area (Å²) in [5, 5.41) is 0.483. The van der Waals surface area contributed by atoms with E-state index >= 15 is 0 Å². The maximum Gasteiger partial charge on any atom is 0.263 e. The van der Waals surface area contributed by atoms with Crippen molar-refractivity contribution in [2.24, 2.45) is 0 Å². The molecule has 0 saturated heterocycles. The third-order valence-electron chi connectivity index (χ3n) is 2.24. The molecule has 0 saturated carbocycles. The van der Waals surface area contributed by atoms with E-state index in [1.807, 2.05) is 30.5 Å². The highest BCUT2D eigenvalue weighted by molar-refractivity contribution is 7.98. The molecule has 1 heterocycles. The van der Waals surface area contributed by atoms with Crippen molar-refractivity contribution in [2.45, 2.75) is 4.90 Å². The van der Waals surface area contributed by atoms with Gasteiger partial charge >= 0.3 is 0 Å². The molecular formula is C12H10ClNOS. The van der Waals surface area contributed by atoms with E-state index in [9.17, 15) is 4.79 Å². The van der Waals surface area contributed by atoms with Crippen LogP contribution in [-0.2, 0) is 0 Å². The molecule has 2 nitrogen and oxygen atoms in total. The first-order chi connectivity index (χ1) is 7.72. The fourth-order valence-corrected chi connectivity index (χ4v) is 2.04. The fraction of sp³-hybridized carbons (Fsp3) is 0.0833. The zero-order valence-corrected chi connectivity index (χ0v) is 10.3.